The van der Waals surface area contributed by atoms with Crippen molar-refractivity contribution in [2.75, 3.05) is 13.7 Å². The van der Waals surface area contributed by atoms with E-state index in [0.29, 0.717) is 6.04 Å². The Kier molecular flexibility index (Phi) is 4.38. The molecule has 0 bridgehead atoms. The van der Waals surface area contributed by atoms with E-state index in [9.17, 15) is 0 Å². The smallest absolute Gasteiger partial charge is 0.122 e. The van der Waals surface area contributed by atoms with Gasteiger partial charge in [0.15, 0.2) is 0 Å². The number of thiophene rings is 1. The van der Waals surface area contributed by atoms with Crippen LogP contribution in [0, 0.1) is 5.92 Å². The molecule has 1 aromatic heterocycles. The zero-order valence-electron chi connectivity index (χ0n) is 11.8. The van der Waals surface area contributed by atoms with Crippen LogP contribution in [0.5, 0.6) is 5.75 Å². The Morgan fingerprint density at radius 2 is 2.10 bits per heavy atom. The van der Waals surface area contributed by atoms with Crippen molar-refractivity contribution in [3.05, 3.63) is 52.2 Å². The van der Waals surface area contributed by atoms with Gasteiger partial charge in [-0.25, -0.2) is 0 Å². The van der Waals surface area contributed by atoms with Crippen molar-refractivity contribution >= 4 is 11.3 Å². The fourth-order valence-electron chi connectivity index (χ4n) is 2.67. The van der Waals surface area contributed by atoms with Gasteiger partial charge in [0.1, 0.15) is 5.75 Å². The molecule has 1 N–H and O–H groups in total. The molecule has 1 heterocycles. The quantitative estimate of drug-likeness (QED) is 0.830. The van der Waals surface area contributed by atoms with E-state index in [0.717, 1.165) is 24.6 Å². The standard InChI is InChI=1S/C17H21NOS/c1-19-15-6-3-2-5-13(15)10-11-18-17(14-8-9-14)16-7-4-12-20-16/h2-7,12,14,17-18H,8-11H2,1H3. The van der Waals surface area contributed by atoms with E-state index in [4.69, 9.17) is 4.74 Å². The Hall–Kier alpha value is -1.32. The monoisotopic (exact) mass is 287 g/mol. The third-order valence-corrected chi connectivity index (χ3v) is 4.85. The molecule has 1 unspecified atom stereocenters. The minimum absolute atomic E-state index is 0.546. The lowest BCUT2D eigenvalue weighted by Crippen LogP contribution is -2.24. The van der Waals surface area contributed by atoms with Crippen molar-refractivity contribution in [3.63, 3.8) is 0 Å². The lowest BCUT2D eigenvalue weighted by atomic mass is 10.1. The second kappa shape index (κ2) is 6.42. The number of hydrogen-bond donors (Lipinski definition) is 1. The Morgan fingerprint density at radius 1 is 1.25 bits per heavy atom. The predicted molar refractivity (Wildman–Crippen MR) is 84.5 cm³/mol. The average molecular weight is 287 g/mol. The topological polar surface area (TPSA) is 21.3 Å². The lowest BCUT2D eigenvalue weighted by Gasteiger charge is -2.17. The van der Waals surface area contributed by atoms with Crippen molar-refractivity contribution in [3.8, 4) is 5.75 Å². The average Bonchev–Trinajstić information content (AvgIpc) is 3.18. The van der Waals surface area contributed by atoms with Crippen LogP contribution in [0.15, 0.2) is 41.8 Å². The summed E-state index contributed by atoms with van der Waals surface area (Å²) in [6, 6.07) is 13.2. The highest BCUT2D eigenvalue weighted by molar-refractivity contribution is 7.10. The molecule has 1 aliphatic carbocycles. The summed E-state index contributed by atoms with van der Waals surface area (Å²) in [6.45, 7) is 0.999. The molecule has 2 nitrogen and oxygen atoms in total. The summed E-state index contributed by atoms with van der Waals surface area (Å²) in [5, 5.41) is 5.91. The van der Waals surface area contributed by atoms with Gasteiger partial charge in [-0.05, 0) is 54.8 Å². The second-order valence-corrected chi connectivity index (χ2v) is 6.33. The van der Waals surface area contributed by atoms with Crippen LogP contribution in [-0.4, -0.2) is 13.7 Å². The Labute approximate surface area is 124 Å². The number of nitrogens with one attached hydrogen (secondary N) is 1. The van der Waals surface area contributed by atoms with Crippen LogP contribution >= 0.6 is 11.3 Å². The molecule has 106 valence electrons. The minimum Gasteiger partial charge on any atom is -0.496 e. The minimum atomic E-state index is 0.546. The highest BCUT2D eigenvalue weighted by atomic mass is 32.1. The van der Waals surface area contributed by atoms with Crippen LogP contribution in [0.25, 0.3) is 0 Å². The largest absolute Gasteiger partial charge is 0.496 e. The van der Waals surface area contributed by atoms with Crippen molar-refractivity contribution in [1.82, 2.24) is 5.32 Å². The van der Waals surface area contributed by atoms with Gasteiger partial charge < -0.3 is 10.1 Å². The Morgan fingerprint density at radius 3 is 2.80 bits per heavy atom. The first kappa shape index (κ1) is 13.7. The van der Waals surface area contributed by atoms with E-state index < -0.39 is 0 Å². The molecular weight excluding hydrogens is 266 g/mol. The van der Waals surface area contributed by atoms with Crippen LogP contribution in [0.3, 0.4) is 0 Å². The molecule has 0 radical (unpaired) electrons. The van der Waals surface area contributed by atoms with Gasteiger partial charge in [-0.15, -0.1) is 11.3 Å². The van der Waals surface area contributed by atoms with E-state index >= 15 is 0 Å². The first-order chi connectivity index (χ1) is 9.88. The maximum absolute atomic E-state index is 5.41. The molecule has 1 saturated carbocycles. The summed E-state index contributed by atoms with van der Waals surface area (Å²) >= 11 is 1.87. The lowest BCUT2D eigenvalue weighted by molar-refractivity contribution is 0.407. The SMILES string of the molecule is COc1ccccc1CCNC(c1cccs1)C1CC1. The number of benzene rings is 1. The first-order valence-electron chi connectivity index (χ1n) is 7.27. The van der Waals surface area contributed by atoms with E-state index in [1.165, 1.54) is 23.3 Å². The van der Waals surface area contributed by atoms with E-state index in [-0.39, 0.29) is 0 Å². The number of methoxy groups -OCH3 is 1. The third kappa shape index (κ3) is 3.22. The second-order valence-electron chi connectivity index (χ2n) is 5.35. The number of ether oxygens (including phenoxy) is 1. The van der Waals surface area contributed by atoms with Crippen LogP contribution in [0.2, 0.25) is 0 Å². The molecule has 20 heavy (non-hydrogen) atoms. The molecule has 0 aliphatic heterocycles. The fraction of sp³-hybridized carbons (Fsp3) is 0.412. The van der Waals surface area contributed by atoms with E-state index in [2.05, 4.69) is 35.0 Å². The van der Waals surface area contributed by atoms with Gasteiger partial charge in [0.05, 0.1) is 7.11 Å². The Bertz CT molecular complexity index is 534. The van der Waals surface area contributed by atoms with Gasteiger partial charge >= 0.3 is 0 Å². The third-order valence-electron chi connectivity index (χ3n) is 3.89. The predicted octanol–water partition coefficient (Wildman–Crippen LogP) is 4.04. The Balaban J connectivity index is 1.58. The molecule has 1 fully saturated rings. The van der Waals surface area contributed by atoms with Crippen LogP contribution in [0.1, 0.15) is 29.3 Å². The molecule has 0 spiro atoms. The van der Waals surface area contributed by atoms with Crippen molar-refractivity contribution < 1.29 is 4.74 Å². The highest BCUT2D eigenvalue weighted by Crippen LogP contribution is 2.42. The van der Waals surface area contributed by atoms with E-state index in [1.807, 2.05) is 23.5 Å². The van der Waals surface area contributed by atoms with Gasteiger partial charge in [-0.2, -0.15) is 0 Å². The highest BCUT2D eigenvalue weighted by Gasteiger charge is 2.32. The summed E-state index contributed by atoms with van der Waals surface area (Å²) in [5.41, 5.74) is 1.28. The van der Waals surface area contributed by atoms with Crippen molar-refractivity contribution in [2.45, 2.75) is 25.3 Å². The number of para-hydroxylation sites is 1. The first-order valence-corrected chi connectivity index (χ1v) is 8.15. The number of hydrogen-bond acceptors (Lipinski definition) is 3. The van der Waals surface area contributed by atoms with Gasteiger partial charge in [-0.1, -0.05) is 24.3 Å². The van der Waals surface area contributed by atoms with Crippen LogP contribution < -0.4 is 10.1 Å². The van der Waals surface area contributed by atoms with E-state index in [1.54, 1.807) is 7.11 Å². The summed E-state index contributed by atoms with van der Waals surface area (Å²) in [4.78, 5) is 1.48. The summed E-state index contributed by atoms with van der Waals surface area (Å²) in [7, 11) is 1.74. The molecular formula is C17H21NOS. The fourth-order valence-corrected chi connectivity index (χ4v) is 3.56. The summed E-state index contributed by atoms with van der Waals surface area (Å²) in [6.07, 6.45) is 3.74. The molecule has 1 aromatic carbocycles. The summed E-state index contributed by atoms with van der Waals surface area (Å²) in [5.74, 6) is 1.83. The van der Waals surface area contributed by atoms with Gasteiger partial charge in [0.2, 0.25) is 0 Å². The molecule has 0 saturated heterocycles. The summed E-state index contributed by atoms with van der Waals surface area (Å²) < 4.78 is 5.41. The van der Waals surface area contributed by atoms with Gasteiger partial charge in [0.25, 0.3) is 0 Å². The van der Waals surface area contributed by atoms with Gasteiger partial charge in [-0.3, -0.25) is 0 Å². The zero-order valence-corrected chi connectivity index (χ0v) is 12.7. The molecule has 0 amide bonds. The van der Waals surface area contributed by atoms with Crippen LogP contribution in [-0.2, 0) is 6.42 Å². The van der Waals surface area contributed by atoms with Gasteiger partial charge in [0, 0.05) is 10.9 Å². The zero-order chi connectivity index (χ0) is 13.8. The molecule has 1 atom stereocenters. The van der Waals surface area contributed by atoms with Crippen LogP contribution in [0.4, 0.5) is 0 Å². The molecule has 2 aromatic rings. The normalized spacial score (nSPS) is 16.1. The molecule has 3 heteroatoms. The van der Waals surface area contributed by atoms with Crippen molar-refractivity contribution in [1.29, 1.82) is 0 Å². The maximum Gasteiger partial charge on any atom is 0.122 e. The van der Waals surface area contributed by atoms with Crippen molar-refractivity contribution in [2.24, 2.45) is 5.92 Å². The molecule has 1 aliphatic rings. The maximum atomic E-state index is 5.41. The number of rotatable bonds is 7. The molecule has 3 rings (SSSR count).